The molecule has 0 aliphatic rings. The lowest BCUT2D eigenvalue weighted by Gasteiger charge is -2.01. The second-order valence-electron chi connectivity index (χ2n) is 3.15. The fourth-order valence-electron chi connectivity index (χ4n) is 1.32. The molecule has 5 heteroatoms. The maximum atomic E-state index is 5.56. The Balaban J connectivity index is 2.52. The molecule has 0 saturated heterocycles. The van der Waals surface area contributed by atoms with E-state index in [-0.39, 0.29) is 0 Å². The maximum absolute atomic E-state index is 5.56. The number of anilines is 1. The highest BCUT2D eigenvalue weighted by molar-refractivity contribution is 5.61. The highest BCUT2D eigenvalue weighted by Gasteiger charge is 2.06. The Labute approximate surface area is 81.6 Å². The van der Waals surface area contributed by atoms with Gasteiger partial charge in [0.05, 0.1) is 6.20 Å². The van der Waals surface area contributed by atoms with E-state index in [9.17, 15) is 0 Å². The van der Waals surface area contributed by atoms with Crippen molar-refractivity contribution in [3.8, 4) is 11.3 Å². The van der Waals surface area contributed by atoms with Crippen molar-refractivity contribution in [2.45, 2.75) is 6.92 Å². The molecule has 2 aromatic rings. The minimum absolute atomic E-state index is 0.523. The van der Waals surface area contributed by atoms with Gasteiger partial charge in [0.1, 0.15) is 11.5 Å². The number of aryl methyl sites for hydroxylation is 2. The van der Waals surface area contributed by atoms with E-state index in [1.54, 1.807) is 10.7 Å². The molecule has 14 heavy (non-hydrogen) atoms. The van der Waals surface area contributed by atoms with E-state index >= 15 is 0 Å². The Morgan fingerprint density at radius 3 is 2.71 bits per heavy atom. The molecule has 0 bridgehead atoms. The topological polar surface area (TPSA) is 69.6 Å². The molecule has 0 saturated carbocycles. The third-order valence-electron chi connectivity index (χ3n) is 1.99. The van der Waals surface area contributed by atoms with Crippen LogP contribution in [0.3, 0.4) is 0 Å². The van der Waals surface area contributed by atoms with E-state index in [0.29, 0.717) is 5.82 Å². The number of nitrogens with zero attached hydrogens (tertiary/aromatic N) is 4. The normalized spacial score (nSPS) is 10.4. The second kappa shape index (κ2) is 3.10. The predicted molar refractivity (Wildman–Crippen MR) is 53.4 cm³/mol. The zero-order chi connectivity index (χ0) is 10.1. The molecule has 5 nitrogen and oxygen atoms in total. The van der Waals surface area contributed by atoms with Gasteiger partial charge in [-0.2, -0.15) is 0 Å². The fourth-order valence-corrected chi connectivity index (χ4v) is 1.32. The zero-order valence-electron chi connectivity index (χ0n) is 8.10. The van der Waals surface area contributed by atoms with Crippen molar-refractivity contribution in [2.75, 3.05) is 5.73 Å². The molecule has 0 aliphatic carbocycles. The van der Waals surface area contributed by atoms with Crippen LogP contribution in [0.2, 0.25) is 0 Å². The van der Waals surface area contributed by atoms with Gasteiger partial charge in [0, 0.05) is 18.3 Å². The van der Waals surface area contributed by atoms with E-state index < -0.39 is 0 Å². The van der Waals surface area contributed by atoms with Crippen LogP contribution in [0.15, 0.2) is 18.3 Å². The van der Waals surface area contributed by atoms with Gasteiger partial charge in [0.15, 0.2) is 0 Å². The molecular weight excluding hydrogens is 178 g/mol. The number of nitrogen functional groups attached to an aromatic ring is 1. The van der Waals surface area contributed by atoms with Gasteiger partial charge < -0.3 is 5.73 Å². The first-order valence-corrected chi connectivity index (χ1v) is 4.26. The van der Waals surface area contributed by atoms with Gasteiger partial charge in [-0.15, -0.1) is 5.10 Å². The van der Waals surface area contributed by atoms with E-state index in [0.717, 1.165) is 17.0 Å². The SMILES string of the molecule is Cc1nc(N)ccc1-c1cn(C)nn1. The molecule has 2 rings (SSSR count). The lowest BCUT2D eigenvalue weighted by Crippen LogP contribution is -1.94. The summed E-state index contributed by atoms with van der Waals surface area (Å²) in [6.45, 7) is 1.90. The Morgan fingerprint density at radius 1 is 1.36 bits per heavy atom. The molecular formula is C9H11N5. The Bertz CT molecular complexity index is 460. The van der Waals surface area contributed by atoms with E-state index in [1.165, 1.54) is 0 Å². The predicted octanol–water partition coefficient (Wildman–Crippen LogP) is 0.768. The zero-order valence-corrected chi connectivity index (χ0v) is 8.10. The minimum atomic E-state index is 0.523. The van der Waals surface area contributed by atoms with E-state index in [1.807, 2.05) is 26.2 Å². The van der Waals surface area contributed by atoms with Gasteiger partial charge in [0.2, 0.25) is 0 Å². The quantitative estimate of drug-likeness (QED) is 0.719. The smallest absolute Gasteiger partial charge is 0.123 e. The van der Waals surface area contributed by atoms with Crippen LogP contribution in [0.25, 0.3) is 11.3 Å². The molecule has 0 aliphatic heterocycles. The molecule has 0 fully saturated rings. The summed E-state index contributed by atoms with van der Waals surface area (Å²) in [6, 6.07) is 3.67. The summed E-state index contributed by atoms with van der Waals surface area (Å²) in [5, 5.41) is 7.87. The first-order chi connectivity index (χ1) is 6.66. The second-order valence-corrected chi connectivity index (χ2v) is 3.15. The van der Waals surface area contributed by atoms with Crippen LogP contribution < -0.4 is 5.73 Å². The van der Waals surface area contributed by atoms with E-state index in [2.05, 4.69) is 15.3 Å². The van der Waals surface area contributed by atoms with Crippen molar-refractivity contribution in [3.63, 3.8) is 0 Å². The van der Waals surface area contributed by atoms with Gasteiger partial charge in [-0.1, -0.05) is 5.21 Å². The summed E-state index contributed by atoms with van der Waals surface area (Å²) in [7, 11) is 1.83. The van der Waals surface area contributed by atoms with Gasteiger partial charge >= 0.3 is 0 Å². The molecule has 0 amide bonds. The number of pyridine rings is 1. The van der Waals surface area contributed by atoms with Crippen molar-refractivity contribution in [3.05, 3.63) is 24.0 Å². The van der Waals surface area contributed by atoms with Gasteiger partial charge in [0.25, 0.3) is 0 Å². The number of hydrogen-bond donors (Lipinski definition) is 1. The molecule has 2 heterocycles. The molecule has 72 valence electrons. The third-order valence-corrected chi connectivity index (χ3v) is 1.99. The van der Waals surface area contributed by atoms with Gasteiger partial charge in [-0.05, 0) is 19.1 Å². The summed E-state index contributed by atoms with van der Waals surface area (Å²) < 4.78 is 1.66. The van der Waals surface area contributed by atoms with Crippen LogP contribution in [0.1, 0.15) is 5.69 Å². The minimum Gasteiger partial charge on any atom is -0.384 e. The summed E-state index contributed by atoms with van der Waals surface area (Å²) in [6.07, 6.45) is 1.85. The average Bonchev–Trinajstić information content (AvgIpc) is 2.51. The molecule has 0 radical (unpaired) electrons. The van der Waals surface area contributed by atoms with Crippen LogP contribution in [0, 0.1) is 6.92 Å². The van der Waals surface area contributed by atoms with Crippen LogP contribution in [0.5, 0.6) is 0 Å². The standard InChI is InChI=1S/C9H11N5/c1-6-7(3-4-9(10)11-6)8-5-14(2)13-12-8/h3-5H,1-2H3,(H2,10,11). The van der Waals surface area contributed by atoms with Crippen LogP contribution in [-0.4, -0.2) is 20.0 Å². The lowest BCUT2D eigenvalue weighted by atomic mass is 10.1. The van der Waals surface area contributed by atoms with Crippen molar-refractivity contribution >= 4 is 5.82 Å². The van der Waals surface area contributed by atoms with Crippen LogP contribution in [-0.2, 0) is 7.05 Å². The van der Waals surface area contributed by atoms with Crippen LogP contribution >= 0.6 is 0 Å². The van der Waals surface area contributed by atoms with Crippen molar-refractivity contribution in [2.24, 2.45) is 7.05 Å². The summed E-state index contributed by atoms with van der Waals surface area (Å²) in [5.74, 6) is 0.523. The molecule has 0 atom stereocenters. The van der Waals surface area contributed by atoms with Crippen LogP contribution in [0.4, 0.5) is 5.82 Å². The molecule has 0 aromatic carbocycles. The highest BCUT2D eigenvalue weighted by atomic mass is 15.4. The maximum Gasteiger partial charge on any atom is 0.123 e. The molecule has 0 spiro atoms. The molecule has 2 N–H and O–H groups in total. The third kappa shape index (κ3) is 1.44. The molecule has 0 unspecified atom stereocenters. The highest BCUT2D eigenvalue weighted by Crippen LogP contribution is 2.19. The lowest BCUT2D eigenvalue weighted by molar-refractivity contribution is 0.715. The average molecular weight is 189 g/mol. The first-order valence-electron chi connectivity index (χ1n) is 4.26. The Morgan fingerprint density at radius 2 is 2.14 bits per heavy atom. The van der Waals surface area contributed by atoms with Gasteiger partial charge in [-0.25, -0.2) is 4.98 Å². The van der Waals surface area contributed by atoms with Crippen molar-refractivity contribution < 1.29 is 0 Å². The largest absolute Gasteiger partial charge is 0.384 e. The van der Waals surface area contributed by atoms with Crippen molar-refractivity contribution in [1.82, 2.24) is 20.0 Å². The molecule has 2 aromatic heterocycles. The summed E-state index contributed by atoms with van der Waals surface area (Å²) in [4.78, 5) is 4.16. The van der Waals surface area contributed by atoms with Crippen molar-refractivity contribution in [1.29, 1.82) is 0 Å². The number of nitrogens with two attached hydrogens (primary N) is 1. The van der Waals surface area contributed by atoms with Gasteiger partial charge in [-0.3, -0.25) is 4.68 Å². The summed E-state index contributed by atoms with van der Waals surface area (Å²) >= 11 is 0. The summed E-state index contributed by atoms with van der Waals surface area (Å²) in [5.41, 5.74) is 8.21. The Hall–Kier alpha value is -1.91. The number of hydrogen-bond acceptors (Lipinski definition) is 4. The fraction of sp³-hybridized carbons (Fsp3) is 0.222. The Kier molecular flexibility index (Phi) is 1.92. The number of rotatable bonds is 1. The van der Waals surface area contributed by atoms with E-state index in [4.69, 9.17) is 5.73 Å². The first kappa shape index (κ1) is 8.68. The number of aromatic nitrogens is 4. The monoisotopic (exact) mass is 189 g/mol.